The predicted octanol–water partition coefficient (Wildman–Crippen LogP) is 1.16. The van der Waals surface area contributed by atoms with Crippen molar-refractivity contribution in [3.8, 4) is 0 Å². The van der Waals surface area contributed by atoms with E-state index in [1.54, 1.807) is 24.5 Å². The molecule has 8 heteroatoms. The minimum atomic E-state index is -0.0932. The Hall–Kier alpha value is -0.950. The number of aryl methyl sites for hydroxylation is 1. The fourth-order valence-electron chi connectivity index (χ4n) is 1.76. The third-order valence-corrected chi connectivity index (χ3v) is 3.98. The third-order valence-electron chi connectivity index (χ3n) is 2.84. The predicted molar refractivity (Wildman–Crippen MR) is 83.2 cm³/mol. The molecule has 2 aromatic heterocycles. The molecular weight excluding hydrogens is 321 g/mol. The van der Waals surface area contributed by atoms with Crippen LogP contribution in [0.15, 0.2) is 16.5 Å². The van der Waals surface area contributed by atoms with Gasteiger partial charge in [0.15, 0.2) is 12.2 Å². The fraction of sp³-hybridized carbons (Fsp3) is 0.417. The molecule has 0 radical (unpaired) electrons. The molecular formula is C12H18Cl2N3O2S+. The maximum atomic E-state index is 11.7. The van der Waals surface area contributed by atoms with Gasteiger partial charge in [-0.05, 0) is 6.92 Å². The van der Waals surface area contributed by atoms with Gasteiger partial charge in [0.1, 0.15) is 11.4 Å². The number of aliphatic hydroxyl groups is 1. The minimum absolute atomic E-state index is 0. The summed E-state index contributed by atoms with van der Waals surface area (Å²) in [5.41, 5.74) is 3.61. The summed E-state index contributed by atoms with van der Waals surface area (Å²) < 4.78 is 2.01. The van der Waals surface area contributed by atoms with Crippen LogP contribution in [0.3, 0.4) is 0 Å². The van der Waals surface area contributed by atoms with Crippen LogP contribution >= 0.6 is 36.2 Å². The van der Waals surface area contributed by atoms with Crippen LogP contribution in [-0.4, -0.2) is 21.7 Å². The Morgan fingerprint density at radius 2 is 2.10 bits per heavy atom. The third kappa shape index (κ3) is 4.28. The molecule has 0 unspecified atom stereocenters. The number of aromatic amines is 1. The summed E-state index contributed by atoms with van der Waals surface area (Å²) in [6, 6.07) is 0. The van der Waals surface area contributed by atoms with Crippen LogP contribution in [0.4, 0.5) is 0 Å². The minimum Gasteiger partial charge on any atom is -0.396 e. The molecule has 112 valence electrons. The molecule has 0 atom stereocenters. The summed E-state index contributed by atoms with van der Waals surface area (Å²) in [6.45, 7) is 4.41. The number of nitrogens with zero attached hydrogens (tertiary/aromatic N) is 2. The molecule has 0 bridgehead atoms. The molecule has 0 saturated carbocycles. The largest absolute Gasteiger partial charge is 0.396 e. The van der Waals surface area contributed by atoms with Crippen molar-refractivity contribution < 1.29 is 9.67 Å². The number of rotatable bonds is 4. The molecule has 2 heterocycles. The van der Waals surface area contributed by atoms with Crippen molar-refractivity contribution in [1.82, 2.24) is 9.97 Å². The van der Waals surface area contributed by atoms with E-state index >= 15 is 0 Å². The van der Waals surface area contributed by atoms with Crippen LogP contribution in [0.1, 0.15) is 22.0 Å². The van der Waals surface area contributed by atoms with Crippen molar-refractivity contribution in [2.75, 3.05) is 6.61 Å². The zero-order chi connectivity index (χ0) is 13.1. The summed E-state index contributed by atoms with van der Waals surface area (Å²) in [5.74, 6) is 0.622. The van der Waals surface area contributed by atoms with Gasteiger partial charge < -0.3 is 10.1 Å². The zero-order valence-electron chi connectivity index (χ0n) is 11.3. The topological polar surface area (TPSA) is 69.9 Å². The fourth-order valence-corrected chi connectivity index (χ4v) is 2.74. The summed E-state index contributed by atoms with van der Waals surface area (Å²) in [6.07, 6.45) is 2.27. The van der Waals surface area contributed by atoms with E-state index in [0.29, 0.717) is 24.4 Å². The highest BCUT2D eigenvalue weighted by molar-refractivity contribution is 7.09. The maximum Gasteiger partial charge on any atom is 0.260 e. The lowest BCUT2D eigenvalue weighted by molar-refractivity contribution is -0.689. The van der Waals surface area contributed by atoms with Gasteiger partial charge in [-0.3, -0.25) is 4.79 Å². The maximum absolute atomic E-state index is 11.7. The number of thiazole rings is 1. The van der Waals surface area contributed by atoms with Gasteiger partial charge in [-0.1, -0.05) is 11.3 Å². The second kappa shape index (κ2) is 8.36. The van der Waals surface area contributed by atoms with Crippen molar-refractivity contribution in [2.24, 2.45) is 0 Å². The lowest BCUT2D eigenvalue weighted by Gasteiger charge is -1.97. The molecule has 0 aromatic carbocycles. The van der Waals surface area contributed by atoms with Gasteiger partial charge in [-0.25, -0.2) is 4.98 Å². The van der Waals surface area contributed by atoms with Gasteiger partial charge >= 0.3 is 0 Å². The number of hydrogen-bond donors (Lipinski definition) is 2. The number of aliphatic hydroxyl groups excluding tert-OH is 1. The average Bonchev–Trinajstić information content (AvgIpc) is 2.66. The van der Waals surface area contributed by atoms with Crippen LogP contribution in [0, 0.1) is 13.8 Å². The van der Waals surface area contributed by atoms with Crippen molar-refractivity contribution in [3.05, 3.63) is 44.0 Å². The highest BCUT2D eigenvalue weighted by Gasteiger charge is 2.16. The van der Waals surface area contributed by atoms with E-state index in [2.05, 4.69) is 9.97 Å². The first-order chi connectivity index (χ1) is 8.61. The Bertz CT molecular complexity index is 613. The Balaban J connectivity index is 0.00000180. The number of nitrogens with one attached hydrogen (secondary N) is 1. The number of aromatic nitrogens is 3. The van der Waals surface area contributed by atoms with Crippen molar-refractivity contribution in [2.45, 2.75) is 26.8 Å². The van der Waals surface area contributed by atoms with E-state index in [-0.39, 0.29) is 37.0 Å². The van der Waals surface area contributed by atoms with E-state index in [9.17, 15) is 4.79 Å². The van der Waals surface area contributed by atoms with Crippen LogP contribution < -0.4 is 10.1 Å². The lowest BCUT2D eigenvalue weighted by Crippen LogP contribution is -2.37. The number of hydrogen-bond acceptors (Lipinski definition) is 4. The molecule has 0 spiro atoms. The van der Waals surface area contributed by atoms with Crippen LogP contribution in [-0.2, 0) is 13.0 Å². The molecule has 20 heavy (non-hydrogen) atoms. The molecule has 0 saturated heterocycles. The smallest absolute Gasteiger partial charge is 0.260 e. The Morgan fingerprint density at radius 1 is 1.40 bits per heavy atom. The van der Waals surface area contributed by atoms with E-state index < -0.39 is 0 Å². The zero-order valence-corrected chi connectivity index (χ0v) is 13.7. The van der Waals surface area contributed by atoms with Gasteiger partial charge in [0.05, 0.1) is 4.88 Å². The van der Waals surface area contributed by atoms with Gasteiger partial charge in [0, 0.05) is 26.1 Å². The Labute approximate surface area is 133 Å². The quantitative estimate of drug-likeness (QED) is 0.822. The van der Waals surface area contributed by atoms with Crippen LogP contribution in [0.25, 0.3) is 0 Å². The van der Waals surface area contributed by atoms with Crippen molar-refractivity contribution in [3.63, 3.8) is 0 Å². The van der Waals surface area contributed by atoms with Crippen LogP contribution in [0.5, 0.6) is 0 Å². The summed E-state index contributed by atoms with van der Waals surface area (Å²) >= 11 is 1.60. The highest BCUT2D eigenvalue weighted by atomic mass is 35.5. The molecule has 0 aliphatic carbocycles. The molecule has 2 N–H and O–H groups in total. The molecule has 5 nitrogen and oxygen atoms in total. The second-order valence-electron chi connectivity index (χ2n) is 4.16. The molecule has 2 rings (SSSR count). The van der Waals surface area contributed by atoms with E-state index in [1.807, 2.05) is 17.0 Å². The SMILES string of the molecule is Cc1ncc(C[n+]2csc(CCO)c2C)c(=O)[nH]1.Cl.Cl. The van der Waals surface area contributed by atoms with Gasteiger partial charge in [0.2, 0.25) is 5.51 Å². The number of H-pyrrole nitrogens is 1. The van der Waals surface area contributed by atoms with Gasteiger partial charge in [-0.2, -0.15) is 4.57 Å². The first-order valence-corrected chi connectivity index (χ1v) is 6.62. The number of halogens is 2. The standard InChI is InChI=1S/C12H15N3O2S.2ClH/c1-8-11(3-4-16)18-7-15(8)6-10-5-13-9(2)14-12(10)17;;/h5,7,16H,3-4,6H2,1-2H3;2*1H/p+1. The Morgan fingerprint density at radius 3 is 2.70 bits per heavy atom. The van der Waals surface area contributed by atoms with Gasteiger partial charge in [-0.15, -0.1) is 24.8 Å². The Kier molecular flexibility index (Phi) is 7.96. The van der Waals surface area contributed by atoms with Crippen molar-refractivity contribution >= 4 is 36.2 Å². The van der Waals surface area contributed by atoms with E-state index in [4.69, 9.17) is 5.11 Å². The molecule has 0 amide bonds. The highest BCUT2D eigenvalue weighted by Crippen LogP contribution is 2.11. The molecule has 2 aromatic rings. The monoisotopic (exact) mass is 338 g/mol. The molecule has 0 aliphatic rings. The van der Waals surface area contributed by atoms with E-state index in [1.165, 1.54) is 0 Å². The van der Waals surface area contributed by atoms with Crippen molar-refractivity contribution in [1.29, 1.82) is 0 Å². The summed E-state index contributed by atoms with van der Waals surface area (Å²) in [5, 5.41) is 8.95. The summed E-state index contributed by atoms with van der Waals surface area (Å²) in [7, 11) is 0. The average molecular weight is 339 g/mol. The summed E-state index contributed by atoms with van der Waals surface area (Å²) in [4.78, 5) is 19.7. The first kappa shape index (κ1) is 19.1. The van der Waals surface area contributed by atoms with E-state index in [0.717, 1.165) is 10.6 Å². The molecule has 0 fully saturated rings. The lowest BCUT2D eigenvalue weighted by atomic mass is 10.3. The normalized spacial score (nSPS) is 9.75. The first-order valence-electron chi connectivity index (χ1n) is 5.74. The van der Waals surface area contributed by atoms with Gasteiger partial charge in [0.25, 0.3) is 5.56 Å². The van der Waals surface area contributed by atoms with Crippen LogP contribution in [0.2, 0.25) is 0 Å². The second-order valence-corrected chi connectivity index (χ2v) is 5.10. The molecule has 0 aliphatic heterocycles.